The highest BCUT2D eigenvalue weighted by Gasteiger charge is 2.35. The molecule has 5 nitrogen and oxygen atoms in total. The summed E-state index contributed by atoms with van der Waals surface area (Å²) in [7, 11) is 0. The van der Waals surface area contributed by atoms with Gasteiger partial charge in [-0.05, 0) is 60.2 Å². The van der Waals surface area contributed by atoms with E-state index in [9.17, 15) is 19.1 Å². The maximum Gasteiger partial charge on any atom is 0.293 e. The van der Waals surface area contributed by atoms with Gasteiger partial charge in [0, 0.05) is 0 Å². The number of halogens is 2. The summed E-state index contributed by atoms with van der Waals surface area (Å²) in [5.74, 6) is -0.819. The number of phenolic OH excluding ortho intramolecular Hbond substituents is 1. The molecule has 8 heteroatoms. The SMILES string of the molecule is CCOc1cc(C=C2SC(=O)N(Cc3ccc(F)cc3)C2=O)cc(Cl)c1O. The zero-order valence-corrected chi connectivity index (χ0v) is 15.8. The molecule has 0 radical (unpaired) electrons. The number of thioether (sulfide) groups is 1. The monoisotopic (exact) mass is 407 g/mol. The minimum absolute atomic E-state index is 0.0583. The van der Waals surface area contributed by atoms with Crippen LogP contribution in [-0.2, 0) is 11.3 Å². The lowest BCUT2D eigenvalue weighted by molar-refractivity contribution is -0.123. The molecular weight excluding hydrogens is 393 g/mol. The molecule has 1 aliphatic heterocycles. The number of phenols is 1. The number of hydrogen-bond acceptors (Lipinski definition) is 5. The molecular formula is C19H15ClFNO4S. The van der Waals surface area contributed by atoms with Gasteiger partial charge in [0.15, 0.2) is 11.5 Å². The fourth-order valence-corrected chi connectivity index (χ4v) is 3.56. The minimum Gasteiger partial charge on any atom is -0.503 e. The van der Waals surface area contributed by atoms with Gasteiger partial charge in [-0.2, -0.15) is 0 Å². The van der Waals surface area contributed by atoms with Gasteiger partial charge in [0.05, 0.1) is 23.1 Å². The average Bonchev–Trinajstić information content (AvgIpc) is 2.88. The molecule has 0 spiro atoms. The van der Waals surface area contributed by atoms with Crippen molar-refractivity contribution in [2.45, 2.75) is 13.5 Å². The molecule has 0 saturated carbocycles. The Morgan fingerprint density at radius 1 is 1.26 bits per heavy atom. The van der Waals surface area contributed by atoms with E-state index in [0.29, 0.717) is 17.7 Å². The molecule has 0 aromatic heterocycles. The van der Waals surface area contributed by atoms with Gasteiger partial charge in [-0.3, -0.25) is 14.5 Å². The molecule has 0 bridgehead atoms. The Kier molecular flexibility index (Phi) is 5.72. The summed E-state index contributed by atoms with van der Waals surface area (Å²) in [6, 6.07) is 8.62. The second kappa shape index (κ2) is 8.02. The molecule has 0 aliphatic carbocycles. The van der Waals surface area contributed by atoms with Crippen LogP contribution in [0.1, 0.15) is 18.1 Å². The zero-order valence-electron chi connectivity index (χ0n) is 14.2. The summed E-state index contributed by atoms with van der Waals surface area (Å²) in [6.45, 7) is 2.16. The first kappa shape index (κ1) is 19.3. The standard InChI is InChI=1S/C19H15ClFNO4S/c1-2-26-15-8-12(7-14(20)17(15)23)9-16-18(24)22(19(25)27-16)10-11-3-5-13(21)6-4-11/h3-9,23H,2,10H2,1H3. The van der Waals surface area contributed by atoms with Crippen LogP contribution in [0.4, 0.5) is 9.18 Å². The number of imide groups is 1. The van der Waals surface area contributed by atoms with Crippen molar-refractivity contribution in [3.63, 3.8) is 0 Å². The van der Waals surface area contributed by atoms with Crippen LogP contribution in [0.25, 0.3) is 6.08 Å². The molecule has 2 aromatic carbocycles. The number of carbonyl (C=O) groups excluding carboxylic acids is 2. The van der Waals surface area contributed by atoms with Gasteiger partial charge in [0.1, 0.15) is 5.82 Å². The van der Waals surface area contributed by atoms with E-state index in [0.717, 1.165) is 16.7 Å². The number of carbonyl (C=O) groups is 2. The van der Waals surface area contributed by atoms with Crippen molar-refractivity contribution in [2.24, 2.45) is 0 Å². The summed E-state index contributed by atoms with van der Waals surface area (Å²) in [5, 5.41) is 9.56. The fourth-order valence-electron chi connectivity index (χ4n) is 2.50. The molecule has 2 amide bonds. The third-order valence-electron chi connectivity index (χ3n) is 3.78. The Morgan fingerprint density at radius 3 is 2.63 bits per heavy atom. The van der Waals surface area contributed by atoms with E-state index < -0.39 is 11.1 Å². The number of aromatic hydroxyl groups is 1. The zero-order chi connectivity index (χ0) is 19.6. The van der Waals surface area contributed by atoms with E-state index in [1.807, 2.05) is 0 Å². The molecule has 1 N–H and O–H groups in total. The van der Waals surface area contributed by atoms with Crippen LogP contribution in [0, 0.1) is 5.82 Å². The largest absolute Gasteiger partial charge is 0.503 e. The molecule has 2 aromatic rings. The van der Waals surface area contributed by atoms with E-state index >= 15 is 0 Å². The van der Waals surface area contributed by atoms with Gasteiger partial charge < -0.3 is 9.84 Å². The minimum atomic E-state index is -0.448. The Bertz CT molecular complexity index is 930. The number of rotatable bonds is 5. The van der Waals surface area contributed by atoms with Crippen LogP contribution in [0.15, 0.2) is 41.3 Å². The molecule has 27 heavy (non-hydrogen) atoms. The van der Waals surface area contributed by atoms with Crippen LogP contribution >= 0.6 is 23.4 Å². The third kappa shape index (κ3) is 4.26. The lowest BCUT2D eigenvalue weighted by Crippen LogP contribution is -2.27. The summed E-state index contributed by atoms with van der Waals surface area (Å²) in [4.78, 5) is 26.1. The maximum atomic E-state index is 13.0. The smallest absolute Gasteiger partial charge is 0.293 e. The van der Waals surface area contributed by atoms with E-state index in [1.165, 1.54) is 36.4 Å². The molecule has 0 unspecified atom stereocenters. The molecule has 1 heterocycles. The Morgan fingerprint density at radius 2 is 1.96 bits per heavy atom. The van der Waals surface area contributed by atoms with Crippen LogP contribution in [-0.4, -0.2) is 27.8 Å². The van der Waals surface area contributed by atoms with E-state index in [2.05, 4.69) is 0 Å². The predicted molar refractivity (Wildman–Crippen MR) is 102 cm³/mol. The first-order valence-corrected chi connectivity index (χ1v) is 9.23. The number of benzene rings is 2. The molecule has 3 rings (SSSR count). The van der Waals surface area contributed by atoms with Gasteiger partial charge in [0.25, 0.3) is 11.1 Å². The van der Waals surface area contributed by atoms with Crippen molar-refractivity contribution in [3.05, 3.63) is 63.3 Å². The number of nitrogens with zero attached hydrogens (tertiary/aromatic N) is 1. The van der Waals surface area contributed by atoms with Crippen LogP contribution in [0.2, 0.25) is 5.02 Å². The number of ether oxygens (including phenoxy) is 1. The number of hydrogen-bond donors (Lipinski definition) is 1. The van der Waals surface area contributed by atoms with Gasteiger partial charge in [-0.1, -0.05) is 23.7 Å². The fraction of sp³-hybridized carbons (Fsp3) is 0.158. The quantitative estimate of drug-likeness (QED) is 0.720. The van der Waals surface area contributed by atoms with Gasteiger partial charge in [-0.25, -0.2) is 4.39 Å². The van der Waals surface area contributed by atoms with Crippen LogP contribution < -0.4 is 4.74 Å². The lowest BCUT2D eigenvalue weighted by Gasteiger charge is -2.12. The van der Waals surface area contributed by atoms with Crippen LogP contribution in [0.5, 0.6) is 11.5 Å². The highest BCUT2D eigenvalue weighted by molar-refractivity contribution is 8.18. The van der Waals surface area contributed by atoms with E-state index in [1.54, 1.807) is 13.0 Å². The number of amides is 2. The first-order valence-electron chi connectivity index (χ1n) is 8.04. The Labute approximate surface area is 164 Å². The maximum absolute atomic E-state index is 13.0. The summed E-state index contributed by atoms with van der Waals surface area (Å²) >= 11 is 6.80. The molecule has 1 saturated heterocycles. The average molecular weight is 408 g/mol. The second-order valence-electron chi connectivity index (χ2n) is 5.68. The van der Waals surface area contributed by atoms with Crippen molar-refractivity contribution < 1.29 is 23.8 Å². The molecule has 1 fully saturated rings. The van der Waals surface area contributed by atoms with Gasteiger partial charge in [-0.15, -0.1) is 0 Å². The molecule has 140 valence electrons. The molecule has 0 atom stereocenters. The van der Waals surface area contributed by atoms with E-state index in [4.69, 9.17) is 16.3 Å². The predicted octanol–water partition coefficient (Wildman–Crippen LogP) is 4.82. The third-order valence-corrected chi connectivity index (χ3v) is 4.97. The van der Waals surface area contributed by atoms with Crippen molar-refractivity contribution in [2.75, 3.05) is 6.61 Å². The second-order valence-corrected chi connectivity index (χ2v) is 7.08. The Hall–Kier alpha value is -2.51. The van der Waals surface area contributed by atoms with Crippen LogP contribution in [0.3, 0.4) is 0 Å². The van der Waals surface area contributed by atoms with Crippen molar-refractivity contribution in [3.8, 4) is 11.5 Å². The van der Waals surface area contributed by atoms with Gasteiger partial charge in [0.2, 0.25) is 0 Å². The van der Waals surface area contributed by atoms with Crippen molar-refractivity contribution in [1.82, 2.24) is 4.90 Å². The highest BCUT2D eigenvalue weighted by atomic mass is 35.5. The molecule has 1 aliphatic rings. The Balaban J connectivity index is 1.85. The highest BCUT2D eigenvalue weighted by Crippen LogP contribution is 2.38. The summed E-state index contributed by atoms with van der Waals surface area (Å²) in [5.41, 5.74) is 1.17. The van der Waals surface area contributed by atoms with E-state index in [-0.39, 0.29) is 33.8 Å². The van der Waals surface area contributed by atoms with Gasteiger partial charge >= 0.3 is 0 Å². The summed E-state index contributed by atoms with van der Waals surface area (Å²) < 4.78 is 18.3. The van der Waals surface area contributed by atoms with Crippen molar-refractivity contribution >= 4 is 40.6 Å². The topological polar surface area (TPSA) is 66.8 Å². The first-order chi connectivity index (χ1) is 12.9. The lowest BCUT2D eigenvalue weighted by atomic mass is 10.1. The van der Waals surface area contributed by atoms with Crippen molar-refractivity contribution in [1.29, 1.82) is 0 Å². The normalized spacial score (nSPS) is 15.7. The summed E-state index contributed by atoms with van der Waals surface area (Å²) in [6.07, 6.45) is 1.52.